The number of imide groups is 1. The van der Waals surface area contributed by atoms with E-state index in [1.807, 2.05) is 0 Å². The minimum Gasteiger partial charge on any atom is -0.326 e. The number of benzene rings is 1. The van der Waals surface area contributed by atoms with E-state index < -0.39 is 46.0 Å². The number of anilines is 3. The van der Waals surface area contributed by atoms with Crippen LogP contribution < -0.4 is 21.3 Å². The summed E-state index contributed by atoms with van der Waals surface area (Å²) >= 11 is 0. The number of amides is 4. The molecule has 2 aromatic rings. The first-order chi connectivity index (χ1) is 17.1. The number of rotatable bonds is 5. The molecule has 4 rings (SSSR count). The maximum atomic E-state index is 13.6. The van der Waals surface area contributed by atoms with E-state index in [1.54, 1.807) is 50.4 Å². The lowest BCUT2D eigenvalue weighted by atomic mass is 9.51. The number of carbonyl (C=O) groups is 4. The van der Waals surface area contributed by atoms with Crippen molar-refractivity contribution in [2.24, 2.45) is 22.0 Å². The average molecular weight is 521 g/mol. The van der Waals surface area contributed by atoms with Crippen molar-refractivity contribution in [2.75, 3.05) is 15.5 Å². The molecule has 1 saturated heterocycles. The number of halogens is 3. The van der Waals surface area contributed by atoms with Crippen molar-refractivity contribution in [1.29, 1.82) is 0 Å². The zero-order chi connectivity index (χ0) is 27.4. The van der Waals surface area contributed by atoms with Crippen LogP contribution in [0.15, 0.2) is 30.3 Å². The quantitative estimate of drug-likeness (QED) is 0.445. The number of aromatic amines is 1. The van der Waals surface area contributed by atoms with Crippen LogP contribution in [0.25, 0.3) is 0 Å². The second-order valence-electron chi connectivity index (χ2n) is 10.6. The summed E-state index contributed by atoms with van der Waals surface area (Å²) in [6, 6.07) is 8.01. The second kappa shape index (κ2) is 8.68. The van der Waals surface area contributed by atoms with Gasteiger partial charge in [-0.3, -0.25) is 24.3 Å². The maximum Gasteiger partial charge on any atom is 0.471 e. The molecular formula is C24H27F3N6O4. The van der Waals surface area contributed by atoms with E-state index in [0.717, 1.165) is 16.5 Å². The van der Waals surface area contributed by atoms with Crippen LogP contribution in [0.5, 0.6) is 0 Å². The molecule has 0 radical (unpaired) electrons. The third-order valence-corrected chi connectivity index (χ3v) is 7.07. The standard InChI is InChI=1S/C24H27F3N6O4/c1-21(17(34)29-14-6-4-13(9-28)5-7-14)10-22(2)12-23(3,11-21)20(37)33(19(22)36)16-8-15(31-32-16)30-18(35)24(25,26)27/h4-8H,9-12,28H2,1-3H3,(H,29,34)(H2,30,31,32,35)/t21?,22-,23+. The molecule has 4 amide bonds. The Hall–Kier alpha value is -3.74. The highest BCUT2D eigenvalue weighted by atomic mass is 19.4. The Bertz CT molecular complexity index is 1240. The lowest BCUT2D eigenvalue weighted by Crippen LogP contribution is -2.65. The van der Waals surface area contributed by atoms with Crippen molar-refractivity contribution in [3.8, 4) is 0 Å². The first kappa shape index (κ1) is 26.3. The number of aromatic nitrogens is 2. The normalized spacial score (nSPS) is 27.7. The Labute approximate surface area is 210 Å². The van der Waals surface area contributed by atoms with E-state index in [4.69, 9.17) is 5.73 Å². The van der Waals surface area contributed by atoms with Crippen LogP contribution in [-0.2, 0) is 25.7 Å². The molecule has 2 bridgehead atoms. The van der Waals surface area contributed by atoms with E-state index >= 15 is 0 Å². The molecule has 2 fully saturated rings. The van der Waals surface area contributed by atoms with Gasteiger partial charge in [0.1, 0.15) is 5.82 Å². The van der Waals surface area contributed by atoms with Gasteiger partial charge in [-0.05, 0) is 37.0 Å². The third kappa shape index (κ3) is 4.70. The maximum absolute atomic E-state index is 13.6. The molecule has 10 nitrogen and oxygen atoms in total. The summed E-state index contributed by atoms with van der Waals surface area (Å²) < 4.78 is 37.8. The molecule has 1 aliphatic heterocycles. The van der Waals surface area contributed by atoms with Gasteiger partial charge in [0.15, 0.2) is 5.82 Å². The number of H-pyrrole nitrogens is 1. The summed E-state index contributed by atoms with van der Waals surface area (Å²) in [6.07, 6.45) is -4.66. The number of hydrogen-bond acceptors (Lipinski definition) is 6. The Kier molecular flexibility index (Phi) is 6.18. The Morgan fingerprint density at radius 1 is 1.03 bits per heavy atom. The molecule has 13 heteroatoms. The van der Waals surface area contributed by atoms with Gasteiger partial charge in [-0.1, -0.05) is 32.9 Å². The van der Waals surface area contributed by atoms with E-state index in [2.05, 4.69) is 15.5 Å². The summed E-state index contributed by atoms with van der Waals surface area (Å²) in [5, 5.41) is 10.5. The first-order valence-electron chi connectivity index (χ1n) is 11.5. The number of nitrogens with zero attached hydrogens (tertiary/aromatic N) is 2. The zero-order valence-corrected chi connectivity index (χ0v) is 20.5. The predicted octanol–water partition coefficient (Wildman–Crippen LogP) is 3.08. The van der Waals surface area contributed by atoms with Gasteiger partial charge in [0.05, 0.1) is 0 Å². The van der Waals surface area contributed by atoms with Crippen LogP contribution >= 0.6 is 0 Å². The van der Waals surface area contributed by atoms with Gasteiger partial charge >= 0.3 is 12.1 Å². The van der Waals surface area contributed by atoms with Crippen LogP contribution in [0.1, 0.15) is 45.6 Å². The van der Waals surface area contributed by atoms with Crippen molar-refractivity contribution < 1.29 is 32.3 Å². The molecule has 2 heterocycles. The molecule has 1 unspecified atom stereocenters. The van der Waals surface area contributed by atoms with E-state index in [0.29, 0.717) is 12.2 Å². The monoisotopic (exact) mass is 520 g/mol. The summed E-state index contributed by atoms with van der Waals surface area (Å²) in [5.41, 5.74) is 3.73. The molecule has 3 atom stereocenters. The molecule has 1 aliphatic carbocycles. The highest BCUT2D eigenvalue weighted by Crippen LogP contribution is 2.59. The molecule has 37 heavy (non-hydrogen) atoms. The topological polar surface area (TPSA) is 150 Å². The molecule has 0 spiro atoms. The lowest BCUT2D eigenvalue weighted by Gasteiger charge is -2.55. The molecule has 2 aliphatic rings. The summed E-state index contributed by atoms with van der Waals surface area (Å²) in [6.45, 7) is 5.39. The largest absolute Gasteiger partial charge is 0.471 e. The molecular weight excluding hydrogens is 493 g/mol. The average Bonchev–Trinajstić information content (AvgIpc) is 3.25. The van der Waals surface area contributed by atoms with E-state index in [-0.39, 0.29) is 31.0 Å². The minimum atomic E-state index is -5.13. The van der Waals surface area contributed by atoms with Gasteiger partial charge in [-0.25, -0.2) is 4.90 Å². The van der Waals surface area contributed by atoms with Crippen molar-refractivity contribution >= 4 is 41.0 Å². The number of alkyl halides is 3. The van der Waals surface area contributed by atoms with Gasteiger partial charge in [0, 0.05) is 34.5 Å². The van der Waals surface area contributed by atoms with Crippen molar-refractivity contribution in [3.05, 3.63) is 35.9 Å². The van der Waals surface area contributed by atoms with Gasteiger partial charge in [0.2, 0.25) is 17.7 Å². The summed E-state index contributed by atoms with van der Waals surface area (Å²) in [5.74, 6) is -4.47. The fourth-order valence-corrected chi connectivity index (χ4v) is 5.76. The number of nitrogens with one attached hydrogen (secondary N) is 3. The number of nitrogens with two attached hydrogens (primary N) is 1. The Balaban J connectivity index is 1.59. The number of fused-ring (bicyclic) bond motifs is 2. The SMILES string of the molecule is CC1(C(=O)Nc2ccc(CN)cc2)C[C@@]2(C)C[C@@](C)(C1)C(=O)N(c1cc(NC(=O)C(F)(F)F)[nH]n1)C2=O. The van der Waals surface area contributed by atoms with Gasteiger partial charge < -0.3 is 16.4 Å². The van der Waals surface area contributed by atoms with Crippen LogP contribution in [0.4, 0.5) is 30.5 Å². The molecule has 1 saturated carbocycles. The highest BCUT2D eigenvalue weighted by Gasteiger charge is 2.63. The molecule has 1 aromatic heterocycles. The Morgan fingerprint density at radius 2 is 1.59 bits per heavy atom. The van der Waals surface area contributed by atoms with E-state index in [1.165, 1.54) is 0 Å². The van der Waals surface area contributed by atoms with Crippen molar-refractivity contribution in [3.63, 3.8) is 0 Å². The summed E-state index contributed by atoms with van der Waals surface area (Å²) in [4.78, 5) is 52.6. The fourth-order valence-electron chi connectivity index (χ4n) is 5.76. The summed E-state index contributed by atoms with van der Waals surface area (Å²) in [7, 11) is 0. The Morgan fingerprint density at radius 3 is 2.11 bits per heavy atom. The predicted molar refractivity (Wildman–Crippen MR) is 127 cm³/mol. The zero-order valence-electron chi connectivity index (χ0n) is 20.5. The smallest absolute Gasteiger partial charge is 0.326 e. The second-order valence-corrected chi connectivity index (χ2v) is 10.6. The van der Waals surface area contributed by atoms with Crippen LogP contribution in [0.2, 0.25) is 0 Å². The van der Waals surface area contributed by atoms with Gasteiger partial charge in [0.25, 0.3) is 0 Å². The van der Waals surface area contributed by atoms with Crippen LogP contribution in [-0.4, -0.2) is 40.0 Å². The minimum absolute atomic E-state index is 0.132. The number of carbonyl (C=O) groups excluding carboxylic acids is 4. The lowest BCUT2D eigenvalue weighted by molar-refractivity contribution is -0.167. The fraction of sp³-hybridized carbons (Fsp3) is 0.458. The van der Waals surface area contributed by atoms with Crippen LogP contribution in [0, 0.1) is 16.2 Å². The third-order valence-electron chi connectivity index (χ3n) is 7.07. The molecule has 1 aromatic carbocycles. The highest BCUT2D eigenvalue weighted by molar-refractivity contribution is 6.20. The first-order valence-corrected chi connectivity index (χ1v) is 11.5. The number of piperidine rings is 1. The van der Waals surface area contributed by atoms with Crippen molar-refractivity contribution in [1.82, 2.24) is 10.2 Å². The van der Waals surface area contributed by atoms with Gasteiger partial charge in [-0.2, -0.15) is 18.3 Å². The van der Waals surface area contributed by atoms with Crippen LogP contribution in [0.3, 0.4) is 0 Å². The number of hydrogen-bond donors (Lipinski definition) is 4. The molecule has 5 N–H and O–H groups in total. The van der Waals surface area contributed by atoms with E-state index in [9.17, 15) is 32.3 Å². The van der Waals surface area contributed by atoms with Crippen molar-refractivity contribution in [2.45, 2.75) is 52.8 Å². The molecule has 198 valence electrons. The van der Waals surface area contributed by atoms with Gasteiger partial charge in [-0.15, -0.1) is 0 Å².